The molecule has 0 spiro atoms. The number of nitrogens with one attached hydrogen (secondary N) is 2. The number of carbonyl (C=O) groups is 2. The lowest BCUT2D eigenvalue weighted by Crippen LogP contribution is -2.36. The molecule has 1 aliphatic heterocycles. The van der Waals surface area contributed by atoms with Crippen LogP contribution in [0.5, 0.6) is 0 Å². The van der Waals surface area contributed by atoms with Gasteiger partial charge in [0.1, 0.15) is 0 Å². The van der Waals surface area contributed by atoms with Crippen LogP contribution in [0.3, 0.4) is 0 Å². The molecule has 6 nitrogen and oxygen atoms in total. The zero-order chi connectivity index (χ0) is 21.0. The maximum absolute atomic E-state index is 13.1. The van der Waals surface area contributed by atoms with E-state index in [1.807, 2.05) is 30.0 Å². The number of urea groups is 1. The number of halogens is 2. The zero-order valence-electron chi connectivity index (χ0n) is 16.5. The van der Waals surface area contributed by atoms with Crippen LogP contribution in [0.25, 0.3) is 0 Å². The highest BCUT2D eigenvalue weighted by molar-refractivity contribution is 6.44. The fourth-order valence-electron chi connectivity index (χ4n) is 3.33. The minimum Gasteiger partial charge on any atom is -0.377 e. The molecule has 1 saturated heterocycles. The molecule has 0 bridgehead atoms. The Balaban J connectivity index is 1.79. The Kier molecular flexibility index (Phi) is 6.87. The van der Waals surface area contributed by atoms with Crippen LogP contribution in [-0.4, -0.2) is 44.0 Å². The SMILES string of the molecule is CN(C)c1ccc(NC(=O)Nc2cccc(Cl)c2Cl)cc1C(=O)N1CCCCC1. The second-order valence-electron chi connectivity index (χ2n) is 7.16. The predicted octanol–water partition coefficient (Wildman–Crippen LogP) is 5.33. The van der Waals surface area contributed by atoms with Crippen LogP contribution < -0.4 is 15.5 Å². The summed E-state index contributed by atoms with van der Waals surface area (Å²) in [6.07, 6.45) is 3.19. The van der Waals surface area contributed by atoms with E-state index in [0.29, 0.717) is 22.0 Å². The lowest BCUT2D eigenvalue weighted by Gasteiger charge is -2.28. The van der Waals surface area contributed by atoms with Gasteiger partial charge < -0.3 is 20.4 Å². The lowest BCUT2D eigenvalue weighted by molar-refractivity contribution is 0.0725. The number of anilines is 3. The zero-order valence-corrected chi connectivity index (χ0v) is 18.0. The van der Waals surface area contributed by atoms with E-state index in [0.717, 1.165) is 38.0 Å². The van der Waals surface area contributed by atoms with E-state index in [2.05, 4.69) is 10.6 Å². The summed E-state index contributed by atoms with van der Waals surface area (Å²) in [4.78, 5) is 29.3. The van der Waals surface area contributed by atoms with Crippen molar-refractivity contribution in [2.75, 3.05) is 42.7 Å². The second kappa shape index (κ2) is 9.37. The van der Waals surface area contributed by atoms with Crippen molar-refractivity contribution in [3.63, 3.8) is 0 Å². The van der Waals surface area contributed by atoms with Crippen molar-refractivity contribution < 1.29 is 9.59 Å². The third-order valence-corrected chi connectivity index (χ3v) is 5.63. The monoisotopic (exact) mass is 434 g/mol. The van der Waals surface area contributed by atoms with Crippen molar-refractivity contribution in [1.82, 2.24) is 4.90 Å². The molecule has 8 heteroatoms. The number of carbonyl (C=O) groups excluding carboxylic acids is 2. The molecule has 3 amide bonds. The molecule has 154 valence electrons. The van der Waals surface area contributed by atoms with Crippen molar-refractivity contribution in [1.29, 1.82) is 0 Å². The Hall–Kier alpha value is -2.44. The number of likely N-dealkylation sites (tertiary alicyclic amines) is 1. The molecule has 0 saturated carbocycles. The molecular weight excluding hydrogens is 411 g/mol. The van der Waals surface area contributed by atoms with Gasteiger partial charge in [-0.3, -0.25) is 4.79 Å². The quantitative estimate of drug-likeness (QED) is 0.683. The third-order valence-electron chi connectivity index (χ3n) is 4.81. The van der Waals surface area contributed by atoms with Crippen molar-refractivity contribution >= 4 is 52.2 Å². The number of benzene rings is 2. The van der Waals surface area contributed by atoms with E-state index < -0.39 is 6.03 Å². The first-order valence-electron chi connectivity index (χ1n) is 9.49. The van der Waals surface area contributed by atoms with Gasteiger partial charge in [0, 0.05) is 38.6 Å². The van der Waals surface area contributed by atoms with Gasteiger partial charge in [-0.2, -0.15) is 0 Å². The molecule has 1 heterocycles. The summed E-state index contributed by atoms with van der Waals surface area (Å²) >= 11 is 12.1. The van der Waals surface area contributed by atoms with Gasteiger partial charge in [0.05, 0.1) is 21.3 Å². The van der Waals surface area contributed by atoms with E-state index in [9.17, 15) is 9.59 Å². The standard InChI is InChI=1S/C21H24Cl2N4O2/c1-26(2)18-10-9-14(13-15(18)20(28)27-11-4-3-5-12-27)24-21(29)25-17-8-6-7-16(22)19(17)23/h6-10,13H,3-5,11-12H2,1-2H3,(H2,24,25,29). The molecule has 0 unspecified atom stereocenters. The molecule has 2 aromatic rings. The minimum absolute atomic E-state index is 0.0182. The summed E-state index contributed by atoms with van der Waals surface area (Å²) in [5, 5.41) is 6.06. The van der Waals surface area contributed by atoms with Crippen LogP contribution in [0.15, 0.2) is 36.4 Å². The molecule has 2 N–H and O–H groups in total. The van der Waals surface area contributed by atoms with Gasteiger partial charge in [-0.05, 0) is 49.6 Å². The molecule has 1 fully saturated rings. The van der Waals surface area contributed by atoms with E-state index >= 15 is 0 Å². The number of amides is 3. The first-order valence-corrected chi connectivity index (χ1v) is 10.2. The van der Waals surface area contributed by atoms with Crippen molar-refractivity contribution in [2.45, 2.75) is 19.3 Å². The summed E-state index contributed by atoms with van der Waals surface area (Å²) in [5.41, 5.74) is 2.30. The molecule has 0 radical (unpaired) electrons. The maximum atomic E-state index is 13.1. The Morgan fingerprint density at radius 2 is 1.72 bits per heavy atom. The summed E-state index contributed by atoms with van der Waals surface area (Å²) in [6, 6.07) is 9.85. The Morgan fingerprint density at radius 1 is 1.00 bits per heavy atom. The molecule has 3 rings (SSSR count). The predicted molar refractivity (Wildman–Crippen MR) is 120 cm³/mol. The first-order chi connectivity index (χ1) is 13.9. The molecule has 0 aliphatic carbocycles. The summed E-state index contributed by atoms with van der Waals surface area (Å²) < 4.78 is 0. The smallest absolute Gasteiger partial charge is 0.323 e. The van der Waals surface area contributed by atoms with Gasteiger partial charge in [0.25, 0.3) is 5.91 Å². The Labute approximate surface area is 180 Å². The average Bonchev–Trinajstić information content (AvgIpc) is 2.71. The van der Waals surface area contributed by atoms with Crippen molar-refractivity contribution in [3.05, 3.63) is 52.0 Å². The largest absolute Gasteiger partial charge is 0.377 e. The van der Waals surface area contributed by atoms with Crippen LogP contribution in [0, 0.1) is 0 Å². The van der Waals surface area contributed by atoms with Crippen LogP contribution in [0.2, 0.25) is 10.0 Å². The molecule has 29 heavy (non-hydrogen) atoms. The van der Waals surface area contributed by atoms with E-state index in [1.54, 1.807) is 30.3 Å². The van der Waals surface area contributed by atoms with Crippen LogP contribution >= 0.6 is 23.2 Å². The highest BCUT2D eigenvalue weighted by Crippen LogP contribution is 2.30. The fourth-order valence-corrected chi connectivity index (χ4v) is 3.68. The van der Waals surface area contributed by atoms with Gasteiger partial charge >= 0.3 is 6.03 Å². The van der Waals surface area contributed by atoms with Crippen molar-refractivity contribution in [2.24, 2.45) is 0 Å². The van der Waals surface area contributed by atoms with Gasteiger partial charge in [-0.25, -0.2) is 4.79 Å². The Morgan fingerprint density at radius 3 is 2.41 bits per heavy atom. The fraction of sp³-hybridized carbons (Fsp3) is 0.333. The van der Waals surface area contributed by atoms with Gasteiger partial charge in [-0.15, -0.1) is 0 Å². The van der Waals surface area contributed by atoms with Crippen LogP contribution in [0.1, 0.15) is 29.6 Å². The van der Waals surface area contributed by atoms with Crippen LogP contribution in [-0.2, 0) is 0 Å². The summed E-state index contributed by atoms with van der Waals surface area (Å²) in [7, 11) is 3.78. The lowest BCUT2D eigenvalue weighted by atomic mass is 10.1. The summed E-state index contributed by atoms with van der Waals surface area (Å²) in [5.74, 6) is -0.0182. The van der Waals surface area contributed by atoms with Crippen molar-refractivity contribution in [3.8, 4) is 0 Å². The number of hydrogen-bond donors (Lipinski definition) is 2. The maximum Gasteiger partial charge on any atom is 0.323 e. The topological polar surface area (TPSA) is 64.7 Å². The molecular formula is C21H24Cl2N4O2. The van der Waals surface area contributed by atoms with Gasteiger partial charge in [0.15, 0.2) is 0 Å². The number of rotatable bonds is 4. The second-order valence-corrected chi connectivity index (χ2v) is 7.94. The van der Waals surface area contributed by atoms with E-state index in [4.69, 9.17) is 23.2 Å². The van der Waals surface area contributed by atoms with E-state index in [1.165, 1.54) is 0 Å². The number of hydrogen-bond acceptors (Lipinski definition) is 3. The highest BCUT2D eigenvalue weighted by atomic mass is 35.5. The number of piperidine rings is 1. The normalized spacial score (nSPS) is 13.7. The highest BCUT2D eigenvalue weighted by Gasteiger charge is 2.22. The van der Waals surface area contributed by atoms with Gasteiger partial charge in [-0.1, -0.05) is 29.3 Å². The van der Waals surface area contributed by atoms with Gasteiger partial charge in [0.2, 0.25) is 0 Å². The number of nitrogens with zero attached hydrogens (tertiary/aromatic N) is 2. The van der Waals surface area contributed by atoms with Crippen LogP contribution in [0.4, 0.5) is 21.9 Å². The van der Waals surface area contributed by atoms with E-state index in [-0.39, 0.29) is 10.9 Å². The molecule has 1 aliphatic rings. The molecule has 2 aromatic carbocycles. The molecule has 0 atom stereocenters. The molecule has 0 aromatic heterocycles. The Bertz CT molecular complexity index is 912. The third kappa shape index (κ3) is 5.14. The first kappa shape index (κ1) is 21.3. The minimum atomic E-state index is -0.469. The summed E-state index contributed by atoms with van der Waals surface area (Å²) in [6.45, 7) is 1.52. The average molecular weight is 435 g/mol.